The van der Waals surface area contributed by atoms with Gasteiger partial charge in [0.05, 0.1) is 0 Å². The van der Waals surface area contributed by atoms with E-state index in [9.17, 15) is 4.79 Å². The third-order valence-electron chi connectivity index (χ3n) is 3.41. The summed E-state index contributed by atoms with van der Waals surface area (Å²) in [5, 5.41) is 0. The fraction of sp³-hybridized carbons (Fsp3) is 0.875. The molecule has 1 amide bonds. The van der Waals surface area contributed by atoms with Crippen molar-refractivity contribution in [2.24, 2.45) is 5.41 Å². The van der Waals surface area contributed by atoms with Crippen LogP contribution in [0.5, 0.6) is 0 Å². The standard InChI is InChI=1S/C8H13N3O/c1-8-2-9-4-10(3-8)6-11(5-9)7(8)12/h2-6H2,1H3/p+2. The number of carbonyl (C=O) groups is 1. The summed E-state index contributed by atoms with van der Waals surface area (Å²) < 4.78 is 0. The lowest BCUT2D eigenvalue weighted by atomic mass is 9.83. The van der Waals surface area contributed by atoms with E-state index in [1.165, 1.54) is 6.67 Å². The Kier molecular flexibility index (Phi) is 1.04. The molecule has 4 aliphatic rings. The number of hydrogen-bond acceptors (Lipinski definition) is 1. The molecular weight excluding hydrogens is 154 g/mol. The van der Waals surface area contributed by atoms with Crippen LogP contribution in [-0.2, 0) is 4.79 Å². The van der Waals surface area contributed by atoms with Gasteiger partial charge in [0.15, 0.2) is 13.3 Å². The Morgan fingerprint density at radius 3 is 2.42 bits per heavy atom. The maximum atomic E-state index is 11.8. The van der Waals surface area contributed by atoms with Crippen molar-refractivity contribution in [3.63, 3.8) is 0 Å². The lowest BCUT2D eigenvalue weighted by Crippen LogP contribution is -3.41. The lowest BCUT2D eigenvalue weighted by molar-refractivity contribution is -1.14. The molecule has 0 radical (unpaired) electrons. The first-order chi connectivity index (χ1) is 5.67. The third kappa shape index (κ3) is 0.671. The van der Waals surface area contributed by atoms with E-state index in [4.69, 9.17) is 0 Å². The summed E-state index contributed by atoms with van der Waals surface area (Å²) in [4.78, 5) is 17.0. The molecule has 2 atom stereocenters. The van der Waals surface area contributed by atoms with Gasteiger partial charge in [-0.1, -0.05) is 0 Å². The SMILES string of the molecule is CC12C[NH+]3CN(C[NH+](C3)C1)C2=O. The number of hydrogen-bond donors (Lipinski definition) is 2. The lowest BCUT2D eigenvalue weighted by Gasteiger charge is -2.52. The number of amides is 1. The minimum absolute atomic E-state index is 0.0284. The highest BCUT2D eigenvalue weighted by Crippen LogP contribution is 2.21. The van der Waals surface area contributed by atoms with E-state index >= 15 is 0 Å². The molecule has 2 unspecified atom stereocenters. The summed E-state index contributed by atoms with van der Waals surface area (Å²) >= 11 is 0. The van der Waals surface area contributed by atoms with E-state index in [0.717, 1.165) is 26.4 Å². The third-order valence-corrected chi connectivity index (χ3v) is 3.41. The quantitative estimate of drug-likeness (QED) is 0.387. The second-order valence-electron chi connectivity index (χ2n) is 4.75. The number of rotatable bonds is 0. The molecule has 0 aliphatic carbocycles. The molecule has 4 heteroatoms. The molecule has 4 aliphatic heterocycles. The van der Waals surface area contributed by atoms with Crippen molar-refractivity contribution < 1.29 is 14.6 Å². The molecule has 0 aromatic carbocycles. The molecule has 0 aromatic heterocycles. The van der Waals surface area contributed by atoms with Gasteiger partial charge in [0, 0.05) is 0 Å². The van der Waals surface area contributed by atoms with Crippen LogP contribution in [-0.4, -0.2) is 43.9 Å². The van der Waals surface area contributed by atoms with Gasteiger partial charge in [-0.3, -0.25) is 14.6 Å². The first-order valence-corrected chi connectivity index (χ1v) is 4.64. The fourth-order valence-electron chi connectivity index (χ4n) is 3.14. The van der Waals surface area contributed by atoms with Gasteiger partial charge in [-0.05, 0) is 6.92 Å². The predicted octanol–water partition coefficient (Wildman–Crippen LogP) is -3.50. The number of quaternary nitrogens is 2. The molecule has 2 N–H and O–H groups in total. The Balaban J connectivity index is 2.02. The monoisotopic (exact) mass is 169 g/mol. The van der Waals surface area contributed by atoms with Gasteiger partial charge in [-0.15, -0.1) is 0 Å². The highest BCUT2D eigenvalue weighted by Gasteiger charge is 2.57. The van der Waals surface area contributed by atoms with E-state index in [1.54, 1.807) is 9.80 Å². The number of carbonyl (C=O) groups excluding carboxylic acids is 1. The largest absolute Gasteiger partial charge is 0.273 e. The molecule has 4 fully saturated rings. The van der Waals surface area contributed by atoms with Crippen molar-refractivity contribution >= 4 is 5.91 Å². The van der Waals surface area contributed by atoms with Crippen molar-refractivity contribution in [2.45, 2.75) is 6.92 Å². The molecule has 0 spiro atoms. The summed E-state index contributed by atoms with van der Waals surface area (Å²) in [6.45, 7) is 7.38. The van der Waals surface area contributed by atoms with Crippen LogP contribution in [0.1, 0.15) is 6.92 Å². The highest BCUT2D eigenvalue weighted by atomic mass is 16.2. The van der Waals surface area contributed by atoms with Crippen molar-refractivity contribution in [2.75, 3.05) is 33.1 Å². The van der Waals surface area contributed by atoms with E-state index in [2.05, 4.69) is 6.92 Å². The van der Waals surface area contributed by atoms with Crippen LogP contribution in [0.2, 0.25) is 0 Å². The van der Waals surface area contributed by atoms with Gasteiger partial charge in [-0.2, -0.15) is 0 Å². The van der Waals surface area contributed by atoms with Gasteiger partial charge in [-0.25, -0.2) is 4.90 Å². The van der Waals surface area contributed by atoms with E-state index in [1.807, 2.05) is 4.90 Å². The molecule has 4 rings (SSSR count). The zero-order valence-corrected chi connectivity index (χ0v) is 7.39. The molecule has 66 valence electrons. The molecule has 4 bridgehead atoms. The van der Waals surface area contributed by atoms with Crippen molar-refractivity contribution in [1.82, 2.24) is 4.90 Å². The van der Waals surface area contributed by atoms with Crippen LogP contribution >= 0.6 is 0 Å². The minimum Gasteiger partial charge on any atom is -0.273 e. The molecule has 0 aromatic rings. The Labute approximate surface area is 71.7 Å². The van der Waals surface area contributed by atoms with Crippen molar-refractivity contribution in [3.05, 3.63) is 0 Å². The Morgan fingerprint density at radius 2 is 1.92 bits per heavy atom. The van der Waals surface area contributed by atoms with E-state index in [-0.39, 0.29) is 5.41 Å². The normalized spacial score (nSPS) is 50.4. The van der Waals surface area contributed by atoms with Crippen LogP contribution in [0, 0.1) is 5.41 Å². The first-order valence-electron chi connectivity index (χ1n) is 4.64. The van der Waals surface area contributed by atoms with Crippen LogP contribution in [0.4, 0.5) is 0 Å². The number of nitrogens with one attached hydrogen (secondary N) is 2. The summed E-state index contributed by atoms with van der Waals surface area (Å²) in [5.41, 5.74) is -0.0284. The second-order valence-corrected chi connectivity index (χ2v) is 4.75. The van der Waals surface area contributed by atoms with Gasteiger partial charge in [0.2, 0.25) is 12.6 Å². The van der Waals surface area contributed by atoms with E-state index < -0.39 is 0 Å². The summed E-state index contributed by atoms with van der Waals surface area (Å²) in [7, 11) is 0. The van der Waals surface area contributed by atoms with Crippen molar-refractivity contribution in [1.29, 1.82) is 0 Å². The minimum atomic E-state index is -0.0284. The maximum absolute atomic E-state index is 11.8. The fourth-order valence-corrected chi connectivity index (χ4v) is 3.14. The zero-order chi connectivity index (χ0) is 8.34. The first kappa shape index (κ1) is 6.86. The second kappa shape index (κ2) is 1.83. The predicted molar refractivity (Wildman–Crippen MR) is 41.2 cm³/mol. The molecule has 12 heavy (non-hydrogen) atoms. The number of nitrogens with zero attached hydrogens (tertiary/aromatic N) is 1. The molecular formula is C8H15N3O+2. The summed E-state index contributed by atoms with van der Waals surface area (Å²) in [6.07, 6.45) is 0. The molecule has 4 saturated heterocycles. The molecule has 4 heterocycles. The van der Waals surface area contributed by atoms with Gasteiger partial charge in [0.25, 0.3) is 0 Å². The van der Waals surface area contributed by atoms with Gasteiger partial charge < -0.3 is 0 Å². The van der Waals surface area contributed by atoms with Crippen LogP contribution in [0.3, 0.4) is 0 Å². The van der Waals surface area contributed by atoms with Crippen LogP contribution in [0.25, 0.3) is 0 Å². The summed E-state index contributed by atoms with van der Waals surface area (Å²) in [6, 6.07) is 0. The molecule has 0 saturated carbocycles. The van der Waals surface area contributed by atoms with Crippen molar-refractivity contribution in [3.8, 4) is 0 Å². The zero-order valence-electron chi connectivity index (χ0n) is 7.39. The van der Waals surface area contributed by atoms with Crippen LogP contribution < -0.4 is 9.80 Å². The van der Waals surface area contributed by atoms with Gasteiger partial charge >= 0.3 is 0 Å². The van der Waals surface area contributed by atoms with Crippen LogP contribution in [0.15, 0.2) is 0 Å². The Bertz CT molecular complexity index is 239. The molecule has 4 nitrogen and oxygen atoms in total. The van der Waals surface area contributed by atoms with E-state index in [0.29, 0.717) is 5.91 Å². The topological polar surface area (TPSA) is 29.2 Å². The Hall–Kier alpha value is -0.610. The average molecular weight is 169 g/mol. The highest BCUT2D eigenvalue weighted by molar-refractivity contribution is 5.83. The Morgan fingerprint density at radius 1 is 1.33 bits per heavy atom. The van der Waals surface area contributed by atoms with Gasteiger partial charge in [0.1, 0.15) is 18.5 Å². The summed E-state index contributed by atoms with van der Waals surface area (Å²) in [5.74, 6) is 0.398. The smallest absolute Gasteiger partial charge is 0.248 e. The average Bonchev–Trinajstić information content (AvgIpc) is 1.98. The maximum Gasteiger partial charge on any atom is 0.248 e.